The van der Waals surface area contributed by atoms with E-state index in [-0.39, 0.29) is 6.61 Å². The van der Waals surface area contributed by atoms with Crippen molar-refractivity contribution in [1.82, 2.24) is 14.6 Å². The molecule has 0 radical (unpaired) electrons. The number of hydrogen-bond donors (Lipinski definition) is 1. The van der Waals surface area contributed by atoms with Gasteiger partial charge in [0.1, 0.15) is 5.52 Å². The summed E-state index contributed by atoms with van der Waals surface area (Å²) < 4.78 is 1.94. The van der Waals surface area contributed by atoms with Crippen LogP contribution in [0.4, 0.5) is 5.82 Å². The van der Waals surface area contributed by atoms with Crippen LogP contribution in [0.15, 0.2) is 18.5 Å². The van der Waals surface area contributed by atoms with Crippen molar-refractivity contribution >= 4 is 11.3 Å². The molecule has 1 atom stereocenters. The number of hydrogen-bond acceptors (Lipinski definition) is 4. The van der Waals surface area contributed by atoms with E-state index in [4.69, 9.17) is 5.11 Å². The second kappa shape index (κ2) is 6.02. The topological polar surface area (TPSA) is 53.7 Å². The van der Waals surface area contributed by atoms with Crippen LogP contribution in [0.1, 0.15) is 51.1 Å². The van der Waals surface area contributed by atoms with Gasteiger partial charge in [0.2, 0.25) is 0 Å². The second-order valence-corrected chi connectivity index (χ2v) is 6.16. The number of rotatable bonds is 5. The summed E-state index contributed by atoms with van der Waals surface area (Å²) >= 11 is 0. The molecule has 114 valence electrons. The van der Waals surface area contributed by atoms with E-state index < -0.39 is 0 Å². The summed E-state index contributed by atoms with van der Waals surface area (Å²) in [6, 6.07) is 2.65. The molecule has 1 aliphatic heterocycles. The van der Waals surface area contributed by atoms with Gasteiger partial charge in [-0.3, -0.25) is 0 Å². The molecule has 2 aromatic rings. The number of aromatic nitrogens is 3. The smallest absolute Gasteiger partial charge is 0.154 e. The SMILES string of the molecule is CC(C)c1cc2c(N3CCCC3CCCO)nccn2n1. The Labute approximate surface area is 125 Å². The lowest BCUT2D eigenvalue weighted by atomic mass is 10.1. The zero-order valence-corrected chi connectivity index (χ0v) is 12.9. The molecular weight excluding hydrogens is 264 g/mol. The molecule has 5 nitrogen and oxygen atoms in total. The van der Waals surface area contributed by atoms with Crippen molar-refractivity contribution in [3.63, 3.8) is 0 Å². The molecule has 2 aromatic heterocycles. The molecule has 0 amide bonds. The number of fused-ring (bicyclic) bond motifs is 1. The van der Waals surface area contributed by atoms with E-state index in [1.807, 2.05) is 16.9 Å². The van der Waals surface area contributed by atoms with Gasteiger partial charge in [-0.05, 0) is 37.7 Å². The van der Waals surface area contributed by atoms with E-state index in [1.54, 1.807) is 0 Å². The van der Waals surface area contributed by atoms with Crippen LogP contribution in [0.25, 0.3) is 5.52 Å². The highest BCUT2D eigenvalue weighted by molar-refractivity contribution is 5.70. The molecule has 0 aromatic carbocycles. The molecule has 0 spiro atoms. The molecule has 1 fully saturated rings. The lowest BCUT2D eigenvalue weighted by Crippen LogP contribution is -2.30. The van der Waals surface area contributed by atoms with Crippen molar-refractivity contribution in [2.24, 2.45) is 0 Å². The maximum absolute atomic E-state index is 9.07. The zero-order chi connectivity index (χ0) is 14.8. The zero-order valence-electron chi connectivity index (χ0n) is 12.9. The molecule has 21 heavy (non-hydrogen) atoms. The van der Waals surface area contributed by atoms with Gasteiger partial charge < -0.3 is 10.0 Å². The van der Waals surface area contributed by atoms with Crippen molar-refractivity contribution < 1.29 is 5.11 Å². The van der Waals surface area contributed by atoms with Crippen LogP contribution in [0, 0.1) is 0 Å². The summed E-state index contributed by atoms with van der Waals surface area (Å²) in [5.41, 5.74) is 2.20. The van der Waals surface area contributed by atoms with Gasteiger partial charge in [-0.2, -0.15) is 5.10 Å². The fraction of sp³-hybridized carbons (Fsp3) is 0.625. The van der Waals surface area contributed by atoms with E-state index in [1.165, 1.54) is 12.8 Å². The van der Waals surface area contributed by atoms with Crippen molar-refractivity contribution in [2.45, 2.75) is 51.5 Å². The van der Waals surface area contributed by atoms with E-state index in [0.29, 0.717) is 12.0 Å². The van der Waals surface area contributed by atoms with Gasteiger partial charge in [0.25, 0.3) is 0 Å². The van der Waals surface area contributed by atoms with Gasteiger partial charge in [-0.25, -0.2) is 9.50 Å². The third-order valence-electron chi connectivity index (χ3n) is 4.32. The highest BCUT2D eigenvalue weighted by Crippen LogP contribution is 2.30. The molecule has 1 unspecified atom stereocenters. The predicted octanol–water partition coefficient (Wildman–Crippen LogP) is 2.59. The van der Waals surface area contributed by atoms with Gasteiger partial charge in [-0.1, -0.05) is 13.8 Å². The van der Waals surface area contributed by atoms with Crippen molar-refractivity contribution in [2.75, 3.05) is 18.1 Å². The summed E-state index contributed by atoms with van der Waals surface area (Å²) in [7, 11) is 0. The number of nitrogens with zero attached hydrogens (tertiary/aromatic N) is 4. The number of anilines is 1. The average Bonchev–Trinajstić information content (AvgIpc) is 3.10. The van der Waals surface area contributed by atoms with Gasteiger partial charge in [-0.15, -0.1) is 0 Å². The summed E-state index contributed by atoms with van der Waals surface area (Å²) in [4.78, 5) is 7.02. The molecule has 3 heterocycles. The monoisotopic (exact) mass is 288 g/mol. The third-order valence-corrected chi connectivity index (χ3v) is 4.32. The van der Waals surface area contributed by atoms with E-state index in [9.17, 15) is 0 Å². The van der Waals surface area contributed by atoms with E-state index >= 15 is 0 Å². The molecule has 5 heteroatoms. The van der Waals surface area contributed by atoms with E-state index in [0.717, 1.165) is 36.4 Å². The Bertz CT molecular complexity index is 607. The maximum atomic E-state index is 9.07. The molecule has 3 rings (SSSR count). The Morgan fingerprint density at radius 2 is 2.29 bits per heavy atom. The summed E-state index contributed by atoms with van der Waals surface area (Å²) in [6.45, 7) is 5.64. The minimum absolute atomic E-state index is 0.270. The van der Waals surface area contributed by atoms with Gasteiger partial charge >= 0.3 is 0 Å². The Kier molecular flexibility index (Phi) is 4.10. The third kappa shape index (κ3) is 2.75. The highest BCUT2D eigenvalue weighted by atomic mass is 16.2. The minimum Gasteiger partial charge on any atom is -0.396 e. The van der Waals surface area contributed by atoms with Crippen LogP contribution in [0.3, 0.4) is 0 Å². The van der Waals surface area contributed by atoms with Crippen molar-refractivity contribution in [3.05, 3.63) is 24.2 Å². The lowest BCUT2D eigenvalue weighted by Gasteiger charge is -2.26. The molecule has 0 aliphatic carbocycles. The Morgan fingerprint density at radius 1 is 1.43 bits per heavy atom. The average molecular weight is 288 g/mol. The second-order valence-electron chi connectivity index (χ2n) is 6.16. The maximum Gasteiger partial charge on any atom is 0.154 e. The van der Waals surface area contributed by atoms with Crippen LogP contribution < -0.4 is 4.90 Å². The summed E-state index contributed by atoms with van der Waals surface area (Å²) in [6.07, 6.45) is 8.04. The Balaban J connectivity index is 1.95. The first-order chi connectivity index (χ1) is 10.2. The van der Waals surface area contributed by atoms with Gasteiger partial charge in [0.05, 0.1) is 5.69 Å². The number of aliphatic hydroxyl groups excluding tert-OH is 1. The predicted molar refractivity (Wildman–Crippen MR) is 83.8 cm³/mol. The first-order valence-corrected chi connectivity index (χ1v) is 7.92. The first-order valence-electron chi connectivity index (χ1n) is 7.92. The van der Waals surface area contributed by atoms with Crippen LogP contribution >= 0.6 is 0 Å². The van der Waals surface area contributed by atoms with E-state index in [2.05, 4.69) is 34.9 Å². The standard InChI is InChI=1S/C16H24N4O/c1-12(2)14-11-15-16(17-7-9-20(15)18-14)19-8-3-5-13(19)6-4-10-21/h7,9,11-13,21H,3-6,8,10H2,1-2H3. The normalized spacial score (nSPS) is 19.0. The fourth-order valence-electron chi connectivity index (χ4n) is 3.17. The minimum atomic E-state index is 0.270. The van der Waals surface area contributed by atoms with Crippen molar-refractivity contribution in [3.8, 4) is 0 Å². The molecule has 0 bridgehead atoms. The molecule has 0 saturated carbocycles. The fourth-order valence-corrected chi connectivity index (χ4v) is 3.17. The largest absolute Gasteiger partial charge is 0.396 e. The van der Waals surface area contributed by atoms with Crippen molar-refractivity contribution in [1.29, 1.82) is 0 Å². The molecule has 1 N–H and O–H groups in total. The molecular formula is C16H24N4O. The highest BCUT2D eigenvalue weighted by Gasteiger charge is 2.27. The van der Waals surface area contributed by atoms with Gasteiger partial charge in [0, 0.05) is 31.6 Å². The van der Waals surface area contributed by atoms with Crippen LogP contribution in [0.2, 0.25) is 0 Å². The summed E-state index contributed by atoms with van der Waals surface area (Å²) in [5.74, 6) is 1.46. The first kappa shape index (κ1) is 14.3. The summed E-state index contributed by atoms with van der Waals surface area (Å²) in [5, 5.41) is 13.7. The molecule has 1 saturated heterocycles. The van der Waals surface area contributed by atoms with Crippen LogP contribution in [-0.2, 0) is 0 Å². The Hall–Kier alpha value is -1.62. The quantitative estimate of drug-likeness (QED) is 0.919. The Morgan fingerprint density at radius 3 is 3.05 bits per heavy atom. The lowest BCUT2D eigenvalue weighted by molar-refractivity contribution is 0.279. The van der Waals surface area contributed by atoms with Crippen LogP contribution in [-0.4, -0.2) is 38.9 Å². The van der Waals surface area contributed by atoms with Gasteiger partial charge in [0.15, 0.2) is 5.82 Å². The number of aliphatic hydroxyl groups is 1. The van der Waals surface area contributed by atoms with Crippen LogP contribution in [0.5, 0.6) is 0 Å². The molecule has 1 aliphatic rings.